The van der Waals surface area contributed by atoms with Crippen molar-refractivity contribution in [1.29, 1.82) is 0 Å². The fourth-order valence-corrected chi connectivity index (χ4v) is 2.52. The number of nitrogens with zero attached hydrogens (tertiary/aromatic N) is 1. The lowest BCUT2D eigenvalue weighted by molar-refractivity contribution is -0.123. The molecule has 0 heterocycles. The molecule has 2 aromatic carbocycles. The summed E-state index contributed by atoms with van der Waals surface area (Å²) < 4.78 is 0.862. The Bertz CT molecular complexity index is 698. The van der Waals surface area contributed by atoms with E-state index in [1.165, 1.54) is 17.4 Å². The number of nitrogens with one attached hydrogen (secondary N) is 1. The minimum atomic E-state index is -0.194. The number of hydrogen-bond acceptors (Lipinski definition) is 2. The number of carbonyl (C=O) groups is 2. The first-order valence-electron chi connectivity index (χ1n) is 7.31. The molecule has 0 aliphatic heterocycles. The number of halogens is 1. The third-order valence-corrected chi connectivity index (χ3v) is 3.91. The van der Waals surface area contributed by atoms with Gasteiger partial charge in [0.2, 0.25) is 11.8 Å². The van der Waals surface area contributed by atoms with Crippen LogP contribution >= 0.6 is 15.9 Å². The Balaban J connectivity index is 1.98. The molecule has 1 N–H and O–H groups in total. The van der Waals surface area contributed by atoms with E-state index in [2.05, 4.69) is 21.2 Å². The van der Waals surface area contributed by atoms with Gasteiger partial charge in [-0.3, -0.25) is 9.59 Å². The fraction of sp³-hybridized carbons (Fsp3) is 0.222. The number of hydrogen-bond donors (Lipinski definition) is 1. The van der Waals surface area contributed by atoms with Crippen molar-refractivity contribution < 1.29 is 9.59 Å². The molecule has 120 valence electrons. The van der Waals surface area contributed by atoms with Gasteiger partial charge in [-0.25, -0.2) is 0 Å². The maximum Gasteiger partial charge on any atom is 0.240 e. The molecule has 23 heavy (non-hydrogen) atoms. The van der Waals surface area contributed by atoms with Crippen LogP contribution in [0.15, 0.2) is 53.0 Å². The summed E-state index contributed by atoms with van der Waals surface area (Å²) in [5.41, 5.74) is 2.90. The Hall–Kier alpha value is -2.14. The largest absolute Gasteiger partial charge is 0.350 e. The van der Waals surface area contributed by atoms with E-state index in [9.17, 15) is 9.59 Å². The van der Waals surface area contributed by atoms with Crippen LogP contribution in [0.25, 0.3) is 0 Å². The predicted molar refractivity (Wildman–Crippen MR) is 95.2 cm³/mol. The molecule has 0 radical (unpaired) electrons. The Kier molecular flexibility index (Phi) is 5.93. The minimum absolute atomic E-state index is 0.00233. The summed E-state index contributed by atoms with van der Waals surface area (Å²) in [5, 5.41) is 2.84. The number of rotatable bonds is 5. The summed E-state index contributed by atoms with van der Waals surface area (Å²) in [6.07, 6.45) is 0. The normalized spacial score (nSPS) is 10.2. The molecule has 2 amide bonds. The number of benzene rings is 2. The van der Waals surface area contributed by atoms with Gasteiger partial charge in [0, 0.05) is 23.6 Å². The van der Waals surface area contributed by atoms with Crippen LogP contribution in [-0.2, 0) is 16.1 Å². The van der Waals surface area contributed by atoms with E-state index in [-0.39, 0.29) is 18.4 Å². The van der Waals surface area contributed by atoms with Gasteiger partial charge in [-0.2, -0.15) is 0 Å². The summed E-state index contributed by atoms with van der Waals surface area (Å²) >= 11 is 3.37. The molecule has 0 atom stereocenters. The van der Waals surface area contributed by atoms with Crippen LogP contribution in [0.3, 0.4) is 0 Å². The van der Waals surface area contributed by atoms with Gasteiger partial charge in [0.1, 0.15) is 6.54 Å². The van der Waals surface area contributed by atoms with E-state index in [4.69, 9.17) is 0 Å². The third kappa shape index (κ3) is 5.21. The Morgan fingerprint density at radius 3 is 2.43 bits per heavy atom. The highest BCUT2D eigenvalue weighted by Crippen LogP contribution is 2.20. The van der Waals surface area contributed by atoms with Crippen LogP contribution in [-0.4, -0.2) is 18.4 Å². The smallest absolute Gasteiger partial charge is 0.240 e. The Labute approximate surface area is 144 Å². The standard InChI is InChI=1S/C18H19BrN2O2/c1-13-6-8-15(9-7-13)11-20-18(23)12-21(14(2)22)17-5-3-4-16(19)10-17/h3-10H,11-12H2,1-2H3,(H,20,23). The molecule has 0 aromatic heterocycles. The average Bonchev–Trinajstić information content (AvgIpc) is 2.51. The zero-order chi connectivity index (χ0) is 16.8. The van der Waals surface area contributed by atoms with Crippen molar-refractivity contribution in [3.63, 3.8) is 0 Å². The lowest BCUT2D eigenvalue weighted by atomic mass is 10.1. The highest BCUT2D eigenvalue weighted by atomic mass is 79.9. The van der Waals surface area contributed by atoms with E-state index in [1.807, 2.05) is 49.4 Å². The molecule has 0 saturated carbocycles. The quantitative estimate of drug-likeness (QED) is 0.871. The van der Waals surface area contributed by atoms with Gasteiger partial charge in [-0.05, 0) is 30.7 Å². The monoisotopic (exact) mass is 374 g/mol. The maximum absolute atomic E-state index is 12.1. The van der Waals surface area contributed by atoms with Gasteiger partial charge in [-0.1, -0.05) is 51.8 Å². The molecule has 5 heteroatoms. The van der Waals surface area contributed by atoms with E-state index >= 15 is 0 Å². The van der Waals surface area contributed by atoms with Crippen molar-refractivity contribution >= 4 is 33.4 Å². The highest BCUT2D eigenvalue weighted by Gasteiger charge is 2.15. The second-order valence-corrected chi connectivity index (χ2v) is 6.26. The molecular formula is C18H19BrN2O2. The molecule has 0 unspecified atom stereocenters. The number of carbonyl (C=O) groups excluding carboxylic acids is 2. The summed E-state index contributed by atoms with van der Waals surface area (Å²) in [6, 6.07) is 15.3. The molecule has 0 saturated heterocycles. The Morgan fingerprint density at radius 1 is 1.13 bits per heavy atom. The first kappa shape index (κ1) is 17.2. The lowest BCUT2D eigenvalue weighted by Crippen LogP contribution is -2.39. The van der Waals surface area contributed by atoms with Gasteiger partial charge in [0.05, 0.1) is 0 Å². The summed E-state index contributed by atoms with van der Waals surface area (Å²) in [6.45, 7) is 3.92. The fourth-order valence-electron chi connectivity index (χ4n) is 2.13. The highest BCUT2D eigenvalue weighted by molar-refractivity contribution is 9.10. The molecule has 4 nitrogen and oxygen atoms in total. The van der Waals surface area contributed by atoms with Gasteiger partial charge in [0.25, 0.3) is 0 Å². The van der Waals surface area contributed by atoms with Gasteiger partial charge < -0.3 is 10.2 Å². The molecular weight excluding hydrogens is 356 g/mol. The van der Waals surface area contributed by atoms with Crippen molar-refractivity contribution in [3.05, 3.63) is 64.1 Å². The number of aryl methyl sites for hydroxylation is 1. The van der Waals surface area contributed by atoms with E-state index in [0.29, 0.717) is 12.2 Å². The average molecular weight is 375 g/mol. The molecule has 2 aromatic rings. The Morgan fingerprint density at radius 2 is 1.83 bits per heavy atom. The van der Waals surface area contributed by atoms with Gasteiger partial charge in [0.15, 0.2) is 0 Å². The van der Waals surface area contributed by atoms with E-state index in [1.54, 1.807) is 6.07 Å². The van der Waals surface area contributed by atoms with Gasteiger partial charge >= 0.3 is 0 Å². The predicted octanol–water partition coefficient (Wildman–Crippen LogP) is 3.43. The van der Waals surface area contributed by atoms with Crippen LogP contribution in [0.5, 0.6) is 0 Å². The number of amides is 2. The molecule has 0 aliphatic rings. The summed E-state index contributed by atoms with van der Waals surface area (Å²) in [4.78, 5) is 25.4. The number of anilines is 1. The van der Waals surface area contributed by atoms with Crippen LogP contribution in [0, 0.1) is 6.92 Å². The molecule has 0 bridgehead atoms. The van der Waals surface area contributed by atoms with Crippen molar-refractivity contribution in [2.45, 2.75) is 20.4 Å². The second kappa shape index (κ2) is 7.92. The molecule has 2 rings (SSSR count). The van der Waals surface area contributed by atoms with Crippen molar-refractivity contribution in [2.24, 2.45) is 0 Å². The molecule has 0 spiro atoms. The van der Waals surface area contributed by atoms with Crippen LogP contribution in [0.1, 0.15) is 18.1 Å². The van der Waals surface area contributed by atoms with Crippen molar-refractivity contribution in [1.82, 2.24) is 5.32 Å². The first-order chi connectivity index (χ1) is 11.0. The van der Waals surface area contributed by atoms with E-state index in [0.717, 1.165) is 10.0 Å². The zero-order valence-corrected chi connectivity index (χ0v) is 14.8. The van der Waals surface area contributed by atoms with Crippen LogP contribution < -0.4 is 10.2 Å². The third-order valence-electron chi connectivity index (χ3n) is 3.41. The van der Waals surface area contributed by atoms with Crippen molar-refractivity contribution in [3.8, 4) is 0 Å². The summed E-state index contributed by atoms with van der Waals surface area (Å²) in [5.74, 6) is -0.366. The topological polar surface area (TPSA) is 49.4 Å². The first-order valence-corrected chi connectivity index (χ1v) is 8.11. The van der Waals surface area contributed by atoms with E-state index < -0.39 is 0 Å². The SMILES string of the molecule is CC(=O)N(CC(=O)NCc1ccc(C)cc1)c1cccc(Br)c1. The molecule has 0 aliphatic carbocycles. The zero-order valence-electron chi connectivity index (χ0n) is 13.2. The summed E-state index contributed by atoms with van der Waals surface area (Å²) in [7, 11) is 0. The van der Waals surface area contributed by atoms with Crippen LogP contribution in [0.4, 0.5) is 5.69 Å². The molecule has 0 fully saturated rings. The van der Waals surface area contributed by atoms with Crippen LogP contribution in [0.2, 0.25) is 0 Å². The maximum atomic E-state index is 12.1. The minimum Gasteiger partial charge on any atom is -0.350 e. The van der Waals surface area contributed by atoms with Gasteiger partial charge in [-0.15, -0.1) is 0 Å². The van der Waals surface area contributed by atoms with Crippen molar-refractivity contribution in [2.75, 3.05) is 11.4 Å². The second-order valence-electron chi connectivity index (χ2n) is 5.35. The lowest BCUT2D eigenvalue weighted by Gasteiger charge is -2.21.